The van der Waals surface area contributed by atoms with Gasteiger partial charge in [-0.25, -0.2) is 0 Å². The molecule has 23 heavy (non-hydrogen) atoms. The Labute approximate surface area is 136 Å². The third-order valence-electron chi connectivity index (χ3n) is 3.12. The molecule has 2 heterocycles. The van der Waals surface area contributed by atoms with Gasteiger partial charge in [0, 0.05) is 0 Å². The van der Waals surface area contributed by atoms with Gasteiger partial charge in [0.1, 0.15) is 5.75 Å². The molecule has 0 fully saturated rings. The van der Waals surface area contributed by atoms with Gasteiger partial charge in [0.25, 0.3) is 5.89 Å². The van der Waals surface area contributed by atoms with Crippen LogP contribution in [-0.2, 0) is 11.2 Å². The van der Waals surface area contributed by atoms with Gasteiger partial charge in [-0.05, 0) is 36.1 Å². The van der Waals surface area contributed by atoms with Crippen LogP contribution < -0.4 is 4.74 Å². The molecule has 0 aliphatic rings. The number of benzene rings is 1. The van der Waals surface area contributed by atoms with E-state index in [0.29, 0.717) is 17.5 Å². The molecule has 0 saturated heterocycles. The van der Waals surface area contributed by atoms with Crippen molar-refractivity contribution in [1.82, 2.24) is 10.1 Å². The summed E-state index contributed by atoms with van der Waals surface area (Å²) < 4.78 is 11.0. The van der Waals surface area contributed by atoms with Crippen molar-refractivity contribution in [1.29, 1.82) is 0 Å². The van der Waals surface area contributed by atoms with E-state index in [9.17, 15) is 4.79 Å². The standard InChI is InChI=1S/C16H14N2O4S/c1-10(16-17-15(18-22-16)13-3-2-8-23-13)21-12-6-4-11(5-7-12)9-14(19)20/h2-8,10H,9H2,1H3,(H,19,20). The third kappa shape index (κ3) is 3.75. The predicted molar refractivity (Wildman–Crippen MR) is 84.4 cm³/mol. The quantitative estimate of drug-likeness (QED) is 0.743. The van der Waals surface area contributed by atoms with Crippen LogP contribution in [0.25, 0.3) is 10.7 Å². The lowest BCUT2D eigenvalue weighted by molar-refractivity contribution is -0.136. The first-order valence-electron chi connectivity index (χ1n) is 6.96. The van der Waals surface area contributed by atoms with Gasteiger partial charge in [-0.1, -0.05) is 23.4 Å². The summed E-state index contributed by atoms with van der Waals surface area (Å²) in [5.74, 6) is 0.687. The van der Waals surface area contributed by atoms with Crippen LogP contribution in [0.3, 0.4) is 0 Å². The number of thiophene rings is 1. The van der Waals surface area contributed by atoms with Crippen molar-refractivity contribution in [3.8, 4) is 16.5 Å². The molecule has 0 aliphatic carbocycles. The van der Waals surface area contributed by atoms with E-state index in [1.54, 1.807) is 24.3 Å². The van der Waals surface area contributed by atoms with Crippen molar-refractivity contribution in [3.63, 3.8) is 0 Å². The first-order chi connectivity index (χ1) is 11.1. The fourth-order valence-electron chi connectivity index (χ4n) is 2.02. The summed E-state index contributed by atoms with van der Waals surface area (Å²) >= 11 is 1.54. The molecule has 0 amide bonds. The first kappa shape index (κ1) is 15.2. The lowest BCUT2D eigenvalue weighted by Gasteiger charge is -2.10. The van der Waals surface area contributed by atoms with Gasteiger partial charge < -0.3 is 14.4 Å². The van der Waals surface area contributed by atoms with Crippen molar-refractivity contribution in [2.75, 3.05) is 0 Å². The van der Waals surface area contributed by atoms with Crippen LogP contribution in [-0.4, -0.2) is 21.2 Å². The van der Waals surface area contributed by atoms with Crippen LogP contribution in [0, 0.1) is 0 Å². The minimum atomic E-state index is -0.862. The number of hydrogen-bond acceptors (Lipinski definition) is 6. The minimum Gasteiger partial charge on any atom is -0.481 e. The highest BCUT2D eigenvalue weighted by molar-refractivity contribution is 7.13. The molecule has 3 aromatic rings. The Hall–Kier alpha value is -2.67. The van der Waals surface area contributed by atoms with Crippen LogP contribution in [0.2, 0.25) is 0 Å². The van der Waals surface area contributed by atoms with Gasteiger partial charge in [0.15, 0.2) is 6.10 Å². The number of aliphatic carboxylic acids is 1. The normalized spacial score (nSPS) is 12.0. The number of hydrogen-bond donors (Lipinski definition) is 1. The Morgan fingerprint density at radius 3 is 2.78 bits per heavy atom. The number of rotatable bonds is 6. The highest BCUT2D eigenvalue weighted by Gasteiger charge is 2.17. The van der Waals surface area contributed by atoms with E-state index in [0.717, 1.165) is 10.4 Å². The molecule has 1 N–H and O–H groups in total. The molecule has 6 nitrogen and oxygen atoms in total. The van der Waals surface area contributed by atoms with Crippen molar-refractivity contribution in [2.24, 2.45) is 0 Å². The topological polar surface area (TPSA) is 85.5 Å². The lowest BCUT2D eigenvalue weighted by atomic mass is 10.1. The van der Waals surface area contributed by atoms with Gasteiger partial charge >= 0.3 is 5.97 Å². The molecule has 0 radical (unpaired) electrons. The van der Waals surface area contributed by atoms with E-state index in [4.69, 9.17) is 14.4 Å². The maximum atomic E-state index is 10.7. The highest BCUT2D eigenvalue weighted by atomic mass is 32.1. The Bertz CT molecular complexity index is 781. The fourth-order valence-corrected chi connectivity index (χ4v) is 2.67. The van der Waals surface area contributed by atoms with Gasteiger partial charge in [-0.2, -0.15) is 4.98 Å². The second-order valence-corrected chi connectivity index (χ2v) is 5.86. The Morgan fingerprint density at radius 2 is 2.13 bits per heavy atom. The molecule has 0 aliphatic heterocycles. The van der Waals surface area contributed by atoms with Crippen molar-refractivity contribution < 1.29 is 19.2 Å². The zero-order valence-corrected chi connectivity index (χ0v) is 13.1. The fraction of sp³-hybridized carbons (Fsp3) is 0.188. The van der Waals surface area contributed by atoms with E-state index in [1.807, 2.05) is 24.4 Å². The van der Waals surface area contributed by atoms with Gasteiger partial charge in [-0.3, -0.25) is 4.79 Å². The Kier molecular flexibility index (Phi) is 4.38. The number of carbonyl (C=O) groups is 1. The smallest absolute Gasteiger partial charge is 0.307 e. The van der Waals surface area contributed by atoms with E-state index in [-0.39, 0.29) is 6.42 Å². The number of carboxylic acid groups (broad SMARTS) is 1. The number of ether oxygens (including phenoxy) is 1. The first-order valence-corrected chi connectivity index (χ1v) is 7.84. The summed E-state index contributed by atoms with van der Waals surface area (Å²) in [6.45, 7) is 1.82. The zero-order valence-electron chi connectivity index (χ0n) is 12.3. The molecule has 118 valence electrons. The molecular formula is C16H14N2O4S. The Balaban J connectivity index is 1.67. The third-order valence-corrected chi connectivity index (χ3v) is 3.99. The summed E-state index contributed by atoms with van der Waals surface area (Å²) in [7, 11) is 0. The van der Waals surface area contributed by atoms with Crippen LogP contribution in [0.1, 0.15) is 24.5 Å². The van der Waals surface area contributed by atoms with E-state index >= 15 is 0 Å². The number of aromatic nitrogens is 2. The minimum absolute atomic E-state index is 0.0103. The van der Waals surface area contributed by atoms with Gasteiger partial charge in [0.05, 0.1) is 11.3 Å². The van der Waals surface area contributed by atoms with Gasteiger partial charge in [0.2, 0.25) is 5.82 Å². The zero-order chi connectivity index (χ0) is 16.2. The van der Waals surface area contributed by atoms with Crippen molar-refractivity contribution >= 4 is 17.3 Å². The SMILES string of the molecule is CC(Oc1ccc(CC(=O)O)cc1)c1nc(-c2cccs2)no1. The predicted octanol–water partition coefficient (Wildman–Crippen LogP) is 3.57. The molecule has 1 atom stereocenters. The van der Waals surface area contributed by atoms with Crippen LogP contribution in [0.15, 0.2) is 46.3 Å². The average Bonchev–Trinajstić information content (AvgIpc) is 3.19. The molecule has 1 aromatic carbocycles. The highest BCUT2D eigenvalue weighted by Crippen LogP contribution is 2.25. The van der Waals surface area contributed by atoms with Crippen LogP contribution in [0.4, 0.5) is 0 Å². The molecule has 2 aromatic heterocycles. The van der Waals surface area contributed by atoms with E-state index in [2.05, 4.69) is 10.1 Å². The van der Waals surface area contributed by atoms with E-state index < -0.39 is 12.1 Å². The summed E-state index contributed by atoms with van der Waals surface area (Å²) in [5, 5.41) is 14.6. The summed E-state index contributed by atoms with van der Waals surface area (Å²) in [5.41, 5.74) is 0.718. The maximum Gasteiger partial charge on any atom is 0.307 e. The summed E-state index contributed by atoms with van der Waals surface area (Å²) in [4.78, 5) is 15.9. The Morgan fingerprint density at radius 1 is 1.35 bits per heavy atom. The van der Waals surface area contributed by atoms with Gasteiger partial charge in [-0.15, -0.1) is 11.3 Å². The largest absolute Gasteiger partial charge is 0.481 e. The second-order valence-electron chi connectivity index (χ2n) is 4.91. The number of carboxylic acids is 1. The monoisotopic (exact) mass is 330 g/mol. The van der Waals surface area contributed by atoms with Crippen molar-refractivity contribution in [3.05, 3.63) is 53.2 Å². The molecule has 0 spiro atoms. The molecule has 1 unspecified atom stereocenters. The van der Waals surface area contributed by atoms with Crippen LogP contribution in [0.5, 0.6) is 5.75 Å². The molecule has 0 saturated carbocycles. The summed E-state index contributed by atoms with van der Waals surface area (Å²) in [6, 6.07) is 10.7. The summed E-state index contributed by atoms with van der Waals surface area (Å²) in [6.07, 6.45) is -0.412. The average molecular weight is 330 g/mol. The molecule has 3 rings (SSSR count). The lowest BCUT2D eigenvalue weighted by Crippen LogP contribution is -2.04. The van der Waals surface area contributed by atoms with E-state index in [1.165, 1.54) is 11.3 Å². The second kappa shape index (κ2) is 6.62. The van der Waals surface area contributed by atoms with Crippen LogP contribution >= 0.6 is 11.3 Å². The molecule has 7 heteroatoms. The number of nitrogens with zero attached hydrogens (tertiary/aromatic N) is 2. The molecule has 0 bridgehead atoms. The molecular weight excluding hydrogens is 316 g/mol. The van der Waals surface area contributed by atoms with Crippen molar-refractivity contribution in [2.45, 2.75) is 19.4 Å². The maximum absolute atomic E-state index is 10.7.